The third-order valence-corrected chi connectivity index (χ3v) is 1.14. The van der Waals surface area contributed by atoms with Gasteiger partial charge in [-0.2, -0.15) is 13.2 Å². The van der Waals surface area contributed by atoms with Crippen molar-refractivity contribution in [2.75, 3.05) is 0 Å². The lowest BCUT2D eigenvalue weighted by Crippen LogP contribution is -2.05. The van der Waals surface area contributed by atoms with Crippen LogP contribution in [0.15, 0.2) is 12.1 Å². The van der Waals surface area contributed by atoms with Gasteiger partial charge in [-0.1, -0.05) is 0 Å². The second-order valence-corrected chi connectivity index (χ2v) is 1.94. The Morgan fingerprint density at radius 3 is 2.27 bits per heavy atom. The third kappa shape index (κ3) is 1.60. The van der Waals surface area contributed by atoms with Gasteiger partial charge in [0.15, 0.2) is 6.29 Å². The van der Waals surface area contributed by atoms with Crippen molar-refractivity contribution in [1.82, 2.24) is 4.98 Å². The van der Waals surface area contributed by atoms with Crippen LogP contribution in [-0.2, 0) is 6.18 Å². The van der Waals surface area contributed by atoms with Crippen LogP contribution in [0.25, 0.3) is 0 Å². The molecule has 1 heterocycles. The molecule has 1 aromatic heterocycles. The molecule has 0 aromatic carbocycles. The van der Waals surface area contributed by atoms with Gasteiger partial charge in [-0.25, -0.2) is 0 Å². The smallest absolute Gasteiger partial charge is 0.349 e. The van der Waals surface area contributed by atoms with Crippen molar-refractivity contribution in [3.63, 3.8) is 0 Å². The van der Waals surface area contributed by atoms with Gasteiger partial charge in [0.2, 0.25) is 0 Å². The van der Waals surface area contributed by atoms with Crippen LogP contribution in [0, 0.1) is 0 Å². The summed E-state index contributed by atoms with van der Waals surface area (Å²) < 4.78 is 35.4. The number of H-pyrrole nitrogens is 1. The zero-order chi connectivity index (χ0) is 8.48. The standard InChI is InChI=1S/C6H4F3NO/c7-6(8,9)5-2-1-4(3-11)10-5/h1-3,10H. The first-order valence-corrected chi connectivity index (χ1v) is 2.75. The highest BCUT2D eigenvalue weighted by Crippen LogP contribution is 2.27. The summed E-state index contributed by atoms with van der Waals surface area (Å²) >= 11 is 0. The highest BCUT2D eigenvalue weighted by atomic mass is 19.4. The number of aromatic nitrogens is 1. The lowest BCUT2D eigenvalue weighted by molar-refractivity contribution is -0.140. The molecule has 0 amide bonds. The van der Waals surface area contributed by atoms with Crippen LogP contribution in [0.3, 0.4) is 0 Å². The van der Waals surface area contributed by atoms with Crippen LogP contribution in [-0.4, -0.2) is 11.3 Å². The van der Waals surface area contributed by atoms with Gasteiger partial charge in [0, 0.05) is 0 Å². The highest BCUT2D eigenvalue weighted by molar-refractivity contribution is 5.72. The normalized spacial score (nSPS) is 11.5. The Morgan fingerprint density at radius 1 is 1.36 bits per heavy atom. The van der Waals surface area contributed by atoms with Crippen molar-refractivity contribution >= 4 is 6.29 Å². The number of hydrogen-bond acceptors (Lipinski definition) is 1. The Bertz CT molecular complexity index is 263. The molecule has 1 rings (SSSR count). The van der Waals surface area contributed by atoms with Gasteiger partial charge in [-0.05, 0) is 12.1 Å². The van der Waals surface area contributed by atoms with E-state index in [4.69, 9.17) is 0 Å². The molecule has 2 nitrogen and oxygen atoms in total. The van der Waals surface area contributed by atoms with Crippen LogP contribution in [0.1, 0.15) is 16.2 Å². The first-order chi connectivity index (χ1) is 5.04. The Kier molecular flexibility index (Phi) is 1.72. The van der Waals surface area contributed by atoms with Crippen molar-refractivity contribution in [3.05, 3.63) is 23.5 Å². The molecule has 0 radical (unpaired) electrons. The fourth-order valence-corrected chi connectivity index (χ4v) is 0.646. The van der Waals surface area contributed by atoms with Gasteiger partial charge >= 0.3 is 6.18 Å². The lowest BCUT2D eigenvalue weighted by Gasteiger charge is -2.00. The van der Waals surface area contributed by atoms with E-state index in [0.29, 0.717) is 6.29 Å². The van der Waals surface area contributed by atoms with E-state index in [0.717, 1.165) is 12.1 Å². The minimum atomic E-state index is -4.40. The quantitative estimate of drug-likeness (QED) is 0.629. The third-order valence-electron chi connectivity index (χ3n) is 1.14. The molecule has 0 atom stereocenters. The van der Waals surface area contributed by atoms with Gasteiger partial charge in [-0.3, -0.25) is 4.79 Å². The number of rotatable bonds is 1. The zero-order valence-corrected chi connectivity index (χ0v) is 5.27. The topological polar surface area (TPSA) is 32.9 Å². The van der Waals surface area contributed by atoms with E-state index < -0.39 is 11.9 Å². The SMILES string of the molecule is O=Cc1ccc(C(F)(F)F)[nH]1. The molecule has 0 spiro atoms. The molecule has 0 aliphatic carbocycles. The van der Waals surface area contributed by atoms with E-state index in [1.165, 1.54) is 0 Å². The number of carbonyl (C=O) groups is 1. The molecular formula is C6H4F3NO. The van der Waals surface area contributed by atoms with Crippen molar-refractivity contribution in [3.8, 4) is 0 Å². The number of aromatic amines is 1. The maximum absolute atomic E-state index is 11.8. The largest absolute Gasteiger partial charge is 0.431 e. The molecule has 0 fully saturated rings. The van der Waals surface area contributed by atoms with Gasteiger partial charge in [0.1, 0.15) is 5.69 Å². The highest BCUT2D eigenvalue weighted by Gasteiger charge is 2.31. The van der Waals surface area contributed by atoms with Crippen molar-refractivity contribution in [2.45, 2.75) is 6.18 Å². The van der Waals surface area contributed by atoms with Gasteiger partial charge in [-0.15, -0.1) is 0 Å². The number of nitrogens with one attached hydrogen (secondary N) is 1. The summed E-state index contributed by atoms with van der Waals surface area (Å²) in [4.78, 5) is 11.9. The molecular weight excluding hydrogens is 159 g/mol. The van der Waals surface area contributed by atoms with Crippen molar-refractivity contribution in [2.24, 2.45) is 0 Å². The van der Waals surface area contributed by atoms with Crippen LogP contribution in [0.2, 0.25) is 0 Å². The Morgan fingerprint density at radius 2 is 2.00 bits per heavy atom. The second-order valence-electron chi connectivity index (χ2n) is 1.94. The zero-order valence-electron chi connectivity index (χ0n) is 5.27. The molecule has 1 aromatic rings. The molecule has 11 heavy (non-hydrogen) atoms. The van der Waals surface area contributed by atoms with Crippen LogP contribution >= 0.6 is 0 Å². The number of carbonyl (C=O) groups excluding carboxylic acids is 1. The van der Waals surface area contributed by atoms with E-state index in [9.17, 15) is 18.0 Å². The van der Waals surface area contributed by atoms with Gasteiger partial charge < -0.3 is 4.98 Å². The lowest BCUT2D eigenvalue weighted by atomic mass is 10.4. The monoisotopic (exact) mass is 163 g/mol. The van der Waals surface area contributed by atoms with Gasteiger partial charge in [0.25, 0.3) is 0 Å². The number of hydrogen-bond donors (Lipinski definition) is 1. The first kappa shape index (κ1) is 7.84. The average molecular weight is 163 g/mol. The summed E-state index contributed by atoms with van der Waals surface area (Å²) in [5.41, 5.74) is -0.975. The summed E-state index contributed by atoms with van der Waals surface area (Å²) in [6.45, 7) is 0. The molecule has 5 heteroatoms. The first-order valence-electron chi connectivity index (χ1n) is 2.75. The van der Waals surface area contributed by atoms with E-state index >= 15 is 0 Å². The van der Waals surface area contributed by atoms with Crippen molar-refractivity contribution in [1.29, 1.82) is 0 Å². The summed E-state index contributed by atoms with van der Waals surface area (Å²) in [5, 5.41) is 0. The molecule has 0 unspecified atom stereocenters. The minimum absolute atomic E-state index is 0.0719. The number of halogens is 3. The van der Waals surface area contributed by atoms with Crippen LogP contribution < -0.4 is 0 Å². The maximum Gasteiger partial charge on any atom is 0.431 e. The number of aldehydes is 1. The second kappa shape index (κ2) is 2.41. The Hall–Kier alpha value is -1.26. The fourth-order valence-electron chi connectivity index (χ4n) is 0.646. The summed E-state index contributed by atoms with van der Waals surface area (Å²) in [6.07, 6.45) is -4.07. The summed E-state index contributed by atoms with van der Waals surface area (Å²) in [5.74, 6) is 0. The average Bonchev–Trinajstić information content (AvgIpc) is 2.32. The van der Waals surface area contributed by atoms with Crippen LogP contribution in [0.4, 0.5) is 13.2 Å². The van der Waals surface area contributed by atoms with Crippen molar-refractivity contribution < 1.29 is 18.0 Å². The predicted octanol–water partition coefficient (Wildman–Crippen LogP) is 1.85. The molecule has 0 aliphatic heterocycles. The molecule has 0 aliphatic rings. The molecule has 0 saturated heterocycles. The Labute approximate surface area is 60.0 Å². The molecule has 60 valence electrons. The summed E-state index contributed by atoms with van der Waals surface area (Å²) in [6, 6.07) is 1.90. The van der Waals surface area contributed by atoms with E-state index in [-0.39, 0.29) is 5.69 Å². The minimum Gasteiger partial charge on any atom is -0.349 e. The van der Waals surface area contributed by atoms with E-state index in [2.05, 4.69) is 0 Å². The molecule has 1 N–H and O–H groups in total. The summed E-state index contributed by atoms with van der Waals surface area (Å²) in [7, 11) is 0. The number of alkyl halides is 3. The Balaban J connectivity index is 2.98. The maximum atomic E-state index is 11.8. The fraction of sp³-hybridized carbons (Fsp3) is 0.167. The van der Waals surface area contributed by atoms with E-state index in [1.807, 2.05) is 4.98 Å². The van der Waals surface area contributed by atoms with E-state index in [1.54, 1.807) is 0 Å². The van der Waals surface area contributed by atoms with Gasteiger partial charge in [0.05, 0.1) is 5.69 Å². The van der Waals surface area contributed by atoms with Crippen LogP contribution in [0.5, 0.6) is 0 Å². The molecule has 0 bridgehead atoms. The molecule has 0 saturated carbocycles. The predicted molar refractivity (Wildman–Crippen MR) is 31.2 cm³/mol.